The summed E-state index contributed by atoms with van der Waals surface area (Å²) in [7, 11) is 3.30. The van der Waals surface area contributed by atoms with Gasteiger partial charge in [0.25, 0.3) is 5.91 Å². The number of nitrogens with one attached hydrogen (secondary N) is 1. The summed E-state index contributed by atoms with van der Waals surface area (Å²) in [5.41, 5.74) is 7.68. The number of pyridine rings is 1. The number of anilines is 2. The molecular formula is C26H30FN7O3. The molecule has 1 fully saturated rings. The van der Waals surface area contributed by atoms with Crippen molar-refractivity contribution in [3.8, 4) is 0 Å². The second-order valence-corrected chi connectivity index (χ2v) is 9.21. The van der Waals surface area contributed by atoms with Gasteiger partial charge in [-0.3, -0.25) is 19.4 Å². The Morgan fingerprint density at radius 3 is 2.59 bits per heavy atom. The van der Waals surface area contributed by atoms with Gasteiger partial charge in [-0.25, -0.2) is 19.2 Å². The summed E-state index contributed by atoms with van der Waals surface area (Å²) >= 11 is 0. The van der Waals surface area contributed by atoms with Crippen LogP contribution in [-0.2, 0) is 23.1 Å². The molecule has 1 saturated heterocycles. The fourth-order valence-corrected chi connectivity index (χ4v) is 4.63. The monoisotopic (exact) mass is 507 g/mol. The Morgan fingerprint density at radius 2 is 1.97 bits per heavy atom. The second kappa shape index (κ2) is 10.4. The predicted molar refractivity (Wildman–Crippen MR) is 136 cm³/mol. The summed E-state index contributed by atoms with van der Waals surface area (Å²) in [6.07, 6.45) is 5.51. The van der Waals surface area contributed by atoms with Gasteiger partial charge in [0, 0.05) is 32.7 Å². The number of amides is 4. The number of halogens is 1. The van der Waals surface area contributed by atoms with E-state index < -0.39 is 35.8 Å². The first-order valence-corrected chi connectivity index (χ1v) is 12.0. The van der Waals surface area contributed by atoms with Crippen LogP contribution >= 0.6 is 0 Å². The smallest absolute Gasteiger partial charge is 0.325 e. The first-order chi connectivity index (χ1) is 17.6. The number of hydrogen-bond donors (Lipinski definition) is 2. The van der Waals surface area contributed by atoms with E-state index >= 15 is 0 Å². The number of imide groups is 1. The Labute approximate surface area is 214 Å². The van der Waals surface area contributed by atoms with Crippen LogP contribution in [0.3, 0.4) is 0 Å². The van der Waals surface area contributed by atoms with Gasteiger partial charge in [-0.1, -0.05) is 19.1 Å². The Balaban J connectivity index is 1.61. The fraction of sp³-hybridized carbons (Fsp3) is 0.346. The summed E-state index contributed by atoms with van der Waals surface area (Å²) in [4.78, 5) is 50.8. The molecule has 2 aromatic heterocycles. The lowest BCUT2D eigenvalue weighted by molar-refractivity contribution is -0.156. The van der Waals surface area contributed by atoms with E-state index in [1.54, 1.807) is 62.2 Å². The molecule has 3 N–H and O–H groups in total. The van der Waals surface area contributed by atoms with Crippen LogP contribution in [0, 0.1) is 18.7 Å². The lowest BCUT2D eigenvalue weighted by atomic mass is 9.81. The normalized spacial score (nSPS) is 17.8. The molecule has 3 aromatic rings. The number of nitrogens with zero attached hydrogens (tertiary/aromatic N) is 5. The minimum absolute atomic E-state index is 0.217. The van der Waals surface area contributed by atoms with Crippen molar-refractivity contribution >= 4 is 29.6 Å². The first-order valence-electron chi connectivity index (χ1n) is 12.0. The van der Waals surface area contributed by atoms with Crippen LogP contribution in [0.15, 0.2) is 48.9 Å². The summed E-state index contributed by atoms with van der Waals surface area (Å²) in [6.45, 7) is 3.51. The maximum atomic E-state index is 13.8. The Kier molecular flexibility index (Phi) is 7.23. The SMILES string of the molecule is CC[C@@H](NC(=O)N1C(=O)C(Cc2ccnc(N)c2)[C@H]1C(=O)N(C)c1nccn1C)c1ccc(F)c(C)c1. The van der Waals surface area contributed by atoms with Gasteiger partial charge in [0.15, 0.2) is 0 Å². The van der Waals surface area contributed by atoms with Gasteiger partial charge in [-0.2, -0.15) is 0 Å². The summed E-state index contributed by atoms with van der Waals surface area (Å²) in [6, 6.07) is 5.77. The average molecular weight is 508 g/mol. The number of likely N-dealkylation sites (N-methyl/N-ethyl adjacent to an activating group) is 1. The van der Waals surface area contributed by atoms with E-state index in [-0.39, 0.29) is 12.2 Å². The Morgan fingerprint density at radius 1 is 1.22 bits per heavy atom. The van der Waals surface area contributed by atoms with Crippen molar-refractivity contribution in [1.29, 1.82) is 0 Å². The van der Waals surface area contributed by atoms with E-state index in [0.29, 0.717) is 29.3 Å². The third kappa shape index (κ3) is 5.02. The molecule has 37 heavy (non-hydrogen) atoms. The number of aryl methyl sites for hydroxylation is 2. The van der Waals surface area contributed by atoms with Gasteiger partial charge < -0.3 is 15.6 Å². The van der Waals surface area contributed by atoms with Crippen molar-refractivity contribution in [2.75, 3.05) is 17.7 Å². The first kappa shape index (κ1) is 25.8. The number of nitrogens with two attached hydrogens (primary N) is 1. The van der Waals surface area contributed by atoms with E-state index in [0.717, 1.165) is 10.5 Å². The van der Waals surface area contributed by atoms with Gasteiger partial charge >= 0.3 is 6.03 Å². The molecule has 0 radical (unpaired) electrons. The summed E-state index contributed by atoms with van der Waals surface area (Å²) in [5.74, 6) is -1.34. The number of carbonyl (C=O) groups excluding carboxylic acids is 3. The zero-order valence-electron chi connectivity index (χ0n) is 21.2. The van der Waals surface area contributed by atoms with E-state index in [1.165, 1.54) is 17.2 Å². The van der Waals surface area contributed by atoms with Crippen molar-refractivity contribution in [3.63, 3.8) is 0 Å². The van der Waals surface area contributed by atoms with E-state index in [4.69, 9.17) is 5.73 Å². The van der Waals surface area contributed by atoms with E-state index in [9.17, 15) is 18.8 Å². The van der Waals surface area contributed by atoms with E-state index in [2.05, 4.69) is 15.3 Å². The number of likely N-dealkylation sites (tertiary alicyclic amines) is 1. The molecule has 4 rings (SSSR count). The number of carbonyl (C=O) groups is 3. The molecule has 11 heteroatoms. The molecule has 3 heterocycles. The molecule has 4 amide bonds. The van der Waals surface area contributed by atoms with Crippen LogP contribution in [0.1, 0.15) is 36.1 Å². The topological polar surface area (TPSA) is 126 Å². The number of β-lactam (4-membered cyclic amide) rings is 1. The molecule has 1 aromatic carbocycles. The number of urea groups is 1. The molecule has 0 bridgehead atoms. The second-order valence-electron chi connectivity index (χ2n) is 9.21. The van der Waals surface area contributed by atoms with Crippen LogP contribution in [0.5, 0.6) is 0 Å². The molecule has 1 aliphatic heterocycles. The highest BCUT2D eigenvalue weighted by atomic mass is 19.1. The van der Waals surface area contributed by atoms with Gasteiger partial charge in [-0.15, -0.1) is 0 Å². The van der Waals surface area contributed by atoms with Gasteiger partial charge in [-0.05, 0) is 54.7 Å². The largest absolute Gasteiger partial charge is 0.384 e. The molecule has 0 spiro atoms. The average Bonchev–Trinajstić information content (AvgIpc) is 3.30. The Hall–Kier alpha value is -4.28. The molecule has 10 nitrogen and oxygen atoms in total. The van der Waals surface area contributed by atoms with Gasteiger partial charge in [0.1, 0.15) is 17.7 Å². The molecule has 3 atom stereocenters. The minimum Gasteiger partial charge on any atom is -0.384 e. The molecule has 0 aliphatic carbocycles. The molecule has 1 unspecified atom stereocenters. The van der Waals surface area contributed by atoms with Crippen LogP contribution in [0.25, 0.3) is 0 Å². The Bertz CT molecular complexity index is 1340. The highest BCUT2D eigenvalue weighted by molar-refractivity contribution is 6.12. The quantitative estimate of drug-likeness (QED) is 0.474. The third-order valence-corrected chi connectivity index (χ3v) is 6.70. The minimum atomic E-state index is -1.05. The highest BCUT2D eigenvalue weighted by Crippen LogP contribution is 2.33. The van der Waals surface area contributed by atoms with Crippen molar-refractivity contribution in [1.82, 2.24) is 24.8 Å². The lowest BCUT2D eigenvalue weighted by Crippen LogP contribution is -2.70. The van der Waals surface area contributed by atoms with Crippen molar-refractivity contribution in [2.45, 2.75) is 38.8 Å². The van der Waals surface area contributed by atoms with Crippen LogP contribution in [0.4, 0.5) is 21.0 Å². The fourth-order valence-electron chi connectivity index (χ4n) is 4.63. The molecule has 0 saturated carbocycles. The zero-order chi connectivity index (χ0) is 26.9. The van der Waals surface area contributed by atoms with Crippen LogP contribution in [-0.4, -0.2) is 50.4 Å². The maximum absolute atomic E-state index is 13.8. The number of imidazole rings is 1. The third-order valence-electron chi connectivity index (χ3n) is 6.70. The van der Waals surface area contributed by atoms with Crippen molar-refractivity contribution in [2.24, 2.45) is 13.0 Å². The van der Waals surface area contributed by atoms with Crippen molar-refractivity contribution < 1.29 is 18.8 Å². The predicted octanol–water partition coefficient (Wildman–Crippen LogP) is 2.74. The molecule has 194 valence electrons. The number of nitrogen functional groups attached to an aromatic ring is 1. The lowest BCUT2D eigenvalue weighted by Gasteiger charge is -2.45. The van der Waals surface area contributed by atoms with Crippen LogP contribution in [0.2, 0.25) is 0 Å². The number of aromatic nitrogens is 3. The van der Waals surface area contributed by atoms with Crippen LogP contribution < -0.4 is 16.0 Å². The summed E-state index contributed by atoms with van der Waals surface area (Å²) in [5, 5.41) is 2.85. The number of rotatable bonds is 7. The van der Waals surface area contributed by atoms with Gasteiger partial charge in [0.2, 0.25) is 11.9 Å². The van der Waals surface area contributed by atoms with Gasteiger partial charge in [0.05, 0.1) is 12.0 Å². The van der Waals surface area contributed by atoms with Crippen molar-refractivity contribution in [3.05, 3.63) is 71.4 Å². The number of benzene rings is 1. The zero-order valence-corrected chi connectivity index (χ0v) is 21.2. The molecule has 1 aliphatic rings. The summed E-state index contributed by atoms with van der Waals surface area (Å²) < 4.78 is 15.5. The standard InChI is InChI=1S/C26H30FN7O3/c1-5-20(17-6-7-19(27)15(2)12-17)31-26(37)34-22(24(36)33(4)25-30-10-11-32(25)3)18(23(34)35)13-16-8-9-29-21(28)14-16/h6-12,14,18,20,22H,5,13H2,1-4H3,(H2,28,29)(H,31,37)/t18?,20-,22+/m1/s1. The number of hydrogen-bond acceptors (Lipinski definition) is 6. The molecular weight excluding hydrogens is 477 g/mol. The van der Waals surface area contributed by atoms with E-state index in [1.807, 2.05) is 6.92 Å². The maximum Gasteiger partial charge on any atom is 0.325 e. The highest BCUT2D eigenvalue weighted by Gasteiger charge is 2.55.